The van der Waals surface area contributed by atoms with Crippen LogP contribution in [0.2, 0.25) is 5.02 Å². The first-order chi connectivity index (χ1) is 17.8. The lowest BCUT2D eigenvalue weighted by Gasteiger charge is -2.13. The summed E-state index contributed by atoms with van der Waals surface area (Å²) in [5, 5.41) is 17.0. The number of carbonyl (C=O) groups is 2. The Kier molecular flexibility index (Phi) is 7.75. The van der Waals surface area contributed by atoms with Gasteiger partial charge in [-0.3, -0.25) is 14.9 Å². The molecule has 0 saturated heterocycles. The van der Waals surface area contributed by atoms with Crippen LogP contribution in [0.15, 0.2) is 90.0 Å². The number of nitro groups is 1. The third-order valence-electron chi connectivity index (χ3n) is 5.33. The zero-order chi connectivity index (χ0) is 26.4. The minimum atomic E-state index is -1.08. The highest BCUT2D eigenvalue weighted by atomic mass is 35.5. The van der Waals surface area contributed by atoms with E-state index in [1.165, 1.54) is 31.3 Å². The average molecular weight is 518 g/mol. The molecule has 37 heavy (non-hydrogen) atoms. The molecule has 0 spiro atoms. The van der Waals surface area contributed by atoms with Gasteiger partial charge in [-0.25, -0.2) is 10.2 Å². The SMILES string of the molecule is C[C@@H](Oc1ccccc1[N+](=O)[O-])C(=O)N/N=C\c1c(OC(=O)c2ccccc2Cl)ccc2ccccc12. The highest BCUT2D eigenvalue weighted by Gasteiger charge is 2.21. The van der Waals surface area contributed by atoms with E-state index in [2.05, 4.69) is 10.5 Å². The quantitative estimate of drug-likeness (QED) is 0.108. The summed E-state index contributed by atoms with van der Waals surface area (Å²) in [5.74, 6) is -1.11. The number of esters is 1. The minimum absolute atomic E-state index is 0.0399. The Morgan fingerprint density at radius 1 is 0.973 bits per heavy atom. The van der Waals surface area contributed by atoms with Gasteiger partial charge in [0.1, 0.15) is 5.75 Å². The van der Waals surface area contributed by atoms with Gasteiger partial charge in [0.2, 0.25) is 0 Å². The Balaban J connectivity index is 1.55. The molecule has 0 aromatic heterocycles. The number of para-hydroxylation sites is 2. The van der Waals surface area contributed by atoms with Crippen molar-refractivity contribution in [3.63, 3.8) is 0 Å². The number of halogens is 1. The fourth-order valence-corrected chi connectivity index (χ4v) is 3.70. The van der Waals surface area contributed by atoms with E-state index in [-0.39, 0.29) is 27.8 Å². The number of hydrazone groups is 1. The Hall–Kier alpha value is -4.76. The third kappa shape index (κ3) is 5.91. The topological polar surface area (TPSA) is 120 Å². The zero-order valence-electron chi connectivity index (χ0n) is 19.5. The van der Waals surface area contributed by atoms with Crippen LogP contribution >= 0.6 is 11.6 Å². The Labute approximate surface area is 216 Å². The first-order valence-corrected chi connectivity index (χ1v) is 11.4. The molecule has 10 heteroatoms. The van der Waals surface area contributed by atoms with E-state index in [0.29, 0.717) is 5.56 Å². The van der Waals surface area contributed by atoms with Crippen molar-refractivity contribution in [2.75, 3.05) is 0 Å². The number of amides is 1. The zero-order valence-corrected chi connectivity index (χ0v) is 20.2. The molecule has 0 aliphatic heterocycles. The van der Waals surface area contributed by atoms with Crippen LogP contribution in [-0.4, -0.2) is 29.1 Å². The van der Waals surface area contributed by atoms with Crippen LogP contribution in [-0.2, 0) is 4.79 Å². The number of nitrogens with one attached hydrogen (secondary N) is 1. The predicted octanol–water partition coefficient (Wildman–Crippen LogP) is 5.54. The molecule has 0 bridgehead atoms. The summed E-state index contributed by atoms with van der Waals surface area (Å²) in [6.45, 7) is 1.44. The van der Waals surface area contributed by atoms with Crippen molar-refractivity contribution in [2.24, 2.45) is 5.10 Å². The molecule has 0 radical (unpaired) electrons. The fourth-order valence-electron chi connectivity index (χ4n) is 3.48. The van der Waals surface area contributed by atoms with E-state index in [9.17, 15) is 19.7 Å². The molecule has 4 rings (SSSR count). The van der Waals surface area contributed by atoms with Gasteiger partial charge in [0.15, 0.2) is 11.9 Å². The van der Waals surface area contributed by atoms with Gasteiger partial charge in [0.05, 0.1) is 21.7 Å². The predicted molar refractivity (Wildman–Crippen MR) is 139 cm³/mol. The second kappa shape index (κ2) is 11.3. The van der Waals surface area contributed by atoms with Gasteiger partial charge in [-0.05, 0) is 42.0 Å². The van der Waals surface area contributed by atoms with E-state index in [0.717, 1.165) is 10.8 Å². The minimum Gasteiger partial charge on any atom is -0.474 e. The van der Waals surface area contributed by atoms with Crippen molar-refractivity contribution >= 4 is 46.2 Å². The molecule has 4 aromatic rings. The standard InChI is InChI=1S/C27H20ClN3O6/c1-17(36-25-13-7-6-12-23(25)31(34)35)26(32)30-29-16-21-19-9-3-2-8-18(19)14-15-24(21)37-27(33)20-10-4-5-11-22(20)28/h2-17H,1H3,(H,30,32)/b29-16-/t17-/m1/s1. The van der Waals surface area contributed by atoms with Crippen LogP contribution in [0.25, 0.3) is 10.8 Å². The number of hydrogen-bond donors (Lipinski definition) is 1. The first-order valence-electron chi connectivity index (χ1n) is 11.1. The summed E-state index contributed by atoms with van der Waals surface area (Å²) in [7, 11) is 0. The number of nitro benzene ring substituents is 1. The van der Waals surface area contributed by atoms with Gasteiger partial charge < -0.3 is 9.47 Å². The Morgan fingerprint density at radius 2 is 1.68 bits per heavy atom. The van der Waals surface area contributed by atoms with Gasteiger partial charge in [-0.15, -0.1) is 0 Å². The molecular formula is C27H20ClN3O6. The monoisotopic (exact) mass is 517 g/mol. The maximum Gasteiger partial charge on any atom is 0.345 e. The maximum atomic E-state index is 12.8. The largest absolute Gasteiger partial charge is 0.474 e. The summed E-state index contributed by atoms with van der Waals surface area (Å²) in [6, 6.07) is 23.1. The molecule has 0 fully saturated rings. The Bertz CT molecular complexity index is 1520. The number of nitrogens with zero attached hydrogens (tertiary/aromatic N) is 2. The van der Waals surface area contributed by atoms with Gasteiger partial charge >= 0.3 is 11.7 Å². The van der Waals surface area contributed by atoms with Gasteiger partial charge in [-0.2, -0.15) is 5.10 Å². The van der Waals surface area contributed by atoms with Crippen molar-refractivity contribution in [1.29, 1.82) is 0 Å². The van der Waals surface area contributed by atoms with Gasteiger partial charge in [-0.1, -0.05) is 66.2 Å². The number of ether oxygens (including phenoxy) is 2. The molecule has 1 N–H and O–H groups in total. The average Bonchev–Trinajstić information content (AvgIpc) is 2.90. The van der Waals surface area contributed by atoms with Gasteiger partial charge in [0, 0.05) is 11.6 Å². The van der Waals surface area contributed by atoms with Crippen molar-refractivity contribution < 1.29 is 24.0 Å². The van der Waals surface area contributed by atoms with Crippen molar-refractivity contribution in [3.8, 4) is 11.5 Å². The van der Waals surface area contributed by atoms with E-state index in [1.807, 2.05) is 24.3 Å². The highest BCUT2D eigenvalue weighted by molar-refractivity contribution is 6.33. The van der Waals surface area contributed by atoms with Crippen LogP contribution in [0.5, 0.6) is 11.5 Å². The van der Waals surface area contributed by atoms with E-state index < -0.39 is 22.9 Å². The van der Waals surface area contributed by atoms with E-state index >= 15 is 0 Å². The number of fused-ring (bicyclic) bond motifs is 1. The molecule has 0 heterocycles. The summed E-state index contributed by atoms with van der Waals surface area (Å²) < 4.78 is 11.1. The molecule has 0 unspecified atom stereocenters. The molecule has 186 valence electrons. The summed E-state index contributed by atoms with van der Waals surface area (Å²) in [4.78, 5) is 35.9. The molecule has 0 aliphatic carbocycles. The molecule has 9 nitrogen and oxygen atoms in total. The van der Waals surface area contributed by atoms with Crippen LogP contribution in [0.1, 0.15) is 22.8 Å². The maximum absolute atomic E-state index is 12.8. The second-order valence-electron chi connectivity index (χ2n) is 7.79. The van der Waals surface area contributed by atoms with Crippen LogP contribution in [0.3, 0.4) is 0 Å². The Morgan fingerprint density at radius 3 is 2.46 bits per heavy atom. The van der Waals surface area contributed by atoms with Crippen molar-refractivity contribution in [3.05, 3.63) is 111 Å². The van der Waals surface area contributed by atoms with Crippen LogP contribution in [0.4, 0.5) is 5.69 Å². The van der Waals surface area contributed by atoms with Crippen molar-refractivity contribution in [2.45, 2.75) is 13.0 Å². The smallest absolute Gasteiger partial charge is 0.345 e. The number of hydrogen-bond acceptors (Lipinski definition) is 7. The lowest BCUT2D eigenvalue weighted by atomic mass is 10.0. The fraction of sp³-hybridized carbons (Fsp3) is 0.0741. The molecule has 1 atom stereocenters. The lowest BCUT2D eigenvalue weighted by molar-refractivity contribution is -0.386. The normalized spacial score (nSPS) is 11.7. The summed E-state index contributed by atoms with van der Waals surface area (Å²) in [5.41, 5.74) is 2.76. The van der Waals surface area contributed by atoms with Gasteiger partial charge in [0.25, 0.3) is 5.91 Å². The molecule has 0 aliphatic rings. The molecule has 4 aromatic carbocycles. The van der Waals surface area contributed by atoms with E-state index in [4.69, 9.17) is 21.1 Å². The first kappa shape index (κ1) is 25.3. The number of benzene rings is 4. The second-order valence-corrected chi connectivity index (χ2v) is 8.19. The highest BCUT2D eigenvalue weighted by Crippen LogP contribution is 2.29. The third-order valence-corrected chi connectivity index (χ3v) is 5.66. The van der Waals surface area contributed by atoms with Crippen LogP contribution in [0, 0.1) is 10.1 Å². The number of rotatable bonds is 8. The van der Waals surface area contributed by atoms with Crippen molar-refractivity contribution in [1.82, 2.24) is 5.43 Å². The van der Waals surface area contributed by atoms with Crippen LogP contribution < -0.4 is 14.9 Å². The molecular weight excluding hydrogens is 498 g/mol. The summed E-state index contributed by atoms with van der Waals surface area (Å²) in [6.07, 6.45) is 0.274. The molecule has 1 amide bonds. The van der Waals surface area contributed by atoms with E-state index in [1.54, 1.807) is 42.5 Å². The molecule has 0 saturated carbocycles. The lowest BCUT2D eigenvalue weighted by Crippen LogP contribution is -2.33. The summed E-state index contributed by atoms with van der Waals surface area (Å²) >= 11 is 6.13. The number of carbonyl (C=O) groups excluding carboxylic acids is 2.